The number of piperidine rings is 1. The molecule has 1 aromatic heterocycles. The fourth-order valence-corrected chi connectivity index (χ4v) is 5.35. The van der Waals surface area contributed by atoms with Gasteiger partial charge in [-0.15, -0.1) is 11.3 Å². The lowest BCUT2D eigenvalue weighted by atomic mass is 9.90. The number of thiophene rings is 1. The molecule has 118 valence electrons. The molecule has 2 saturated heterocycles. The quantitative estimate of drug-likeness (QED) is 0.836. The zero-order chi connectivity index (χ0) is 15.0. The van der Waals surface area contributed by atoms with Crippen LogP contribution in [0.25, 0.3) is 0 Å². The van der Waals surface area contributed by atoms with Crippen LogP contribution in [0, 0.1) is 11.8 Å². The summed E-state index contributed by atoms with van der Waals surface area (Å²) in [6.07, 6.45) is 0.985. The van der Waals surface area contributed by atoms with Gasteiger partial charge < -0.3 is 0 Å². The molecule has 21 heavy (non-hydrogen) atoms. The summed E-state index contributed by atoms with van der Waals surface area (Å²) in [5.74, 6) is 1.13. The van der Waals surface area contributed by atoms with Crippen molar-refractivity contribution in [1.29, 1.82) is 0 Å². The molecule has 0 bridgehead atoms. The van der Waals surface area contributed by atoms with E-state index in [-0.39, 0.29) is 0 Å². The summed E-state index contributed by atoms with van der Waals surface area (Å²) in [7, 11) is -0.0352. The van der Waals surface area contributed by atoms with Gasteiger partial charge in [0.25, 0.3) is 10.2 Å². The number of hydrogen-bond donors (Lipinski definition) is 0. The largest absolute Gasteiger partial charge is 0.298 e. The molecule has 0 radical (unpaired) electrons. The van der Waals surface area contributed by atoms with Gasteiger partial charge in [0.1, 0.15) is 0 Å². The van der Waals surface area contributed by atoms with Crippen LogP contribution >= 0.6 is 11.3 Å². The first-order chi connectivity index (χ1) is 9.96. The maximum Gasteiger partial charge on any atom is 0.281 e. The van der Waals surface area contributed by atoms with Gasteiger partial charge in [0, 0.05) is 51.7 Å². The van der Waals surface area contributed by atoms with E-state index in [1.54, 1.807) is 29.7 Å². The highest BCUT2D eigenvalue weighted by Gasteiger charge is 2.40. The second kappa shape index (κ2) is 5.96. The van der Waals surface area contributed by atoms with Gasteiger partial charge in [-0.1, -0.05) is 6.07 Å². The topological polar surface area (TPSA) is 43.9 Å². The lowest BCUT2D eigenvalue weighted by Crippen LogP contribution is -2.47. The third kappa shape index (κ3) is 3.17. The molecule has 2 atom stereocenters. The van der Waals surface area contributed by atoms with Crippen molar-refractivity contribution < 1.29 is 8.42 Å². The fraction of sp³-hybridized carbons (Fsp3) is 0.714. The summed E-state index contributed by atoms with van der Waals surface area (Å²) < 4.78 is 27.5. The Morgan fingerprint density at radius 3 is 2.71 bits per heavy atom. The maximum absolute atomic E-state index is 12.3. The monoisotopic (exact) mass is 329 g/mol. The predicted molar refractivity (Wildman–Crippen MR) is 85.4 cm³/mol. The highest BCUT2D eigenvalue weighted by molar-refractivity contribution is 7.86. The van der Waals surface area contributed by atoms with Gasteiger partial charge in [0.05, 0.1) is 0 Å². The third-order valence-corrected chi connectivity index (χ3v) is 7.36. The van der Waals surface area contributed by atoms with E-state index in [0.29, 0.717) is 24.9 Å². The molecule has 1 aromatic rings. The van der Waals surface area contributed by atoms with Gasteiger partial charge in [-0.05, 0) is 29.7 Å². The average Bonchev–Trinajstić information content (AvgIpc) is 3.06. The second-order valence-corrected chi connectivity index (χ2v) is 9.41. The van der Waals surface area contributed by atoms with Crippen LogP contribution in [0.15, 0.2) is 17.5 Å². The van der Waals surface area contributed by atoms with Crippen molar-refractivity contribution in [3.8, 4) is 0 Å². The van der Waals surface area contributed by atoms with Crippen LogP contribution in [-0.2, 0) is 16.8 Å². The molecule has 3 heterocycles. The van der Waals surface area contributed by atoms with Crippen molar-refractivity contribution in [3.63, 3.8) is 0 Å². The van der Waals surface area contributed by atoms with Crippen LogP contribution < -0.4 is 0 Å². The van der Waals surface area contributed by atoms with Gasteiger partial charge in [0.2, 0.25) is 0 Å². The average molecular weight is 329 g/mol. The number of likely N-dealkylation sites (tertiary alicyclic amines) is 1. The van der Waals surface area contributed by atoms with Crippen molar-refractivity contribution in [3.05, 3.63) is 22.4 Å². The molecule has 0 spiro atoms. The normalized spacial score (nSPS) is 28.1. The van der Waals surface area contributed by atoms with Crippen molar-refractivity contribution in [2.24, 2.45) is 11.8 Å². The molecule has 0 amide bonds. The summed E-state index contributed by atoms with van der Waals surface area (Å²) in [6.45, 7) is 4.46. The SMILES string of the molecule is CN(C)S(=O)(=O)N1CC[C@H]2CN(Cc3cccs3)C[C@H]2C1. The van der Waals surface area contributed by atoms with Gasteiger partial charge in [-0.2, -0.15) is 17.0 Å². The number of rotatable bonds is 4. The first-order valence-corrected chi connectivity index (χ1v) is 9.67. The van der Waals surface area contributed by atoms with E-state index in [1.807, 2.05) is 0 Å². The van der Waals surface area contributed by atoms with Crippen LogP contribution in [0.2, 0.25) is 0 Å². The van der Waals surface area contributed by atoms with E-state index >= 15 is 0 Å². The minimum atomic E-state index is -3.26. The minimum Gasteiger partial charge on any atom is -0.298 e. The summed E-state index contributed by atoms with van der Waals surface area (Å²) in [4.78, 5) is 3.87. The highest BCUT2D eigenvalue weighted by atomic mass is 32.2. The Labute approximate surface area is 131 Å². The lowest BCUT2D eigenvalue weighted by Gasteiger charge is -2.34. The highest BCUT2D eigenvalue weighted by Crippen LogP contribution is 2.33. The molecule has 7 heteroatoms. The van der Waals surface area contributed by atoms with Crippen LogP contribution in [0.3, 0.4) is 0 Å². The van der Waals surface area contributed by atoms with Crippen LogP contribution in [-0.4, -0.2) is 62.2 Å². The third-order valence-electron chi connectivity index (χ3n) is 4.59. The second-order valence-electron chi connectivity index (χ2n) is 6.23. The Morgan fingerprint density at radius 1 is 1.29 bits per heavy atom. The van der Waals surface area contributed by atoms with Crippen LogP contribution in [0.4, 0.5) is 0 Å². The van der Waals surface area contributed by atoms with E-state index < -0.39 is 10.2 Å². The molecule has 2 aliphatic heterocycles. The van der Waals surface area contributed by atoms with Gasteiger partial charge in [-0.3, -0.25) is 4.90 Å². The van der Waals surface area contributed by atoms with Gasteiger partial charge >= 0.3 is 0 Å². The zero-order valence-corrected chi connectivity index (χ0v) is 14.2. The van der Waals surface area contributed by atoms with E-state index in [0.717, 1.165) is 26.1 Å². The van der Waals surface area contributed by atoms with Crippen LogP contribution in [0.5, 0.6) is 0 Å². The zero-order valence-electron chi connectivity index (χ0n) is 12.6. The first-order valence-electron chi connectivity index (χ1n) is 7.39. The van der Waals surface area contributed by atoms with Gasteiger partial charge in [-0.25, -0.2) is 0 Å². The summed E-state index contributed by atoms with van der Waals surface area (Å²) in [5.41, 5.74) is 0. The molecular weight excluding hydrogens is 306 g/mol. The first kappa shape index (κ1) is 15.4. The lowest BCUT2D eigenvalue weighted by molar-refractivity contribution is 0.219. The molecule has 5 nitrogen and oxygen atoms in total. The summed E-state index contributed by atoms with van der Waals surface area (Å²) in [6, 6.07) is 4.27. The fourth-order valence-electron chi connectivity index (χ4n) is 3.42. The molecule has 0 unspecified atom stereocenters. The standard InChI is InChI=1S/C14H23N3O2S2/c1-15(2)21(18,19)17-6-5-12-8-16(9-13(12)10-17)11-14-4-3-7-20-14/h3-4,7,12-13H,5-6,8-11H2,1-2H3/t12-,13-/m0/s1. The molecule has 0 aromatic carbocycles. The van der Waals surface area contributed by atoms with Crippen molar-refractivity contribution in [1.82, 2.24) is 13.5 Å². The van der Waals surface area contributed by atoms with E-state index in [4.69, 9.17) is 0 Å². The molecule has 2 aliphatic rings. The smallest absolute Gasteiger partial charge is 0.281 e. The van der Waals surface area contributed by atoms with Crippen molar-refractivity contribution in [2.75, 3.05) is 40.3 Å². The molecule has 3 rings (SSSR count). The van der Waals surface area contributed by atoms with Gasteiger partial charge in [0.15, 0.2) is 0 Å². The molecule has 2 fully saturated rings. The van der Waals surface area contributed by atoms with E-state index in [2.05, 4.69) is 22.4 Å². The number of nitrogens with zero attached hydrogens (tertiary/aromatic N) is 3. The minimum absolute atomic E-state index is 0.480. The number of hydrogen-bond acceptors (Lipinski definition) is 4. The molecule has 0 aliphatic carbocycles. The molecular formula is C14H23N3O2S2. The van der Waals surface area contributed by atoms with E-state index in [9.17, 15) is 8.42 Å². The van der Waals surface area contributed by atoms with Crippen molar-refractivity contribution in [2.45, 2.75) is 13.0 Å². The summed E-state index contributed by atoms with van der Waals surface area (Å²) in [5, 5.41) is 2.11. The predicted octanol–water partition coefficient (Wildman–Crippen LogP) is 1.31. The number of fused-ring (bicyclic) bond motifs is 1. The Kier molecular flexibility index (Phi) is 4.38. The van der Waals surface area contributed by atoms with E-state index in [1.165, 1.54) is 9.18 Å². The molecule has 0 saturated carbocycles. The van der Waals surface area contributed by atoms with Crippen molar-refractivity contribution >= 4 is 21.5 Å². The summed E-state index contributed by atoms with van der Waals surface area (Å²) >= 11 is 1.80. The Bertz CT molecular complexity index is 571. The molecule has 0 N–H and O–H groups in total. The Morgan fingerprint density at radius 2 is 2.05 bits per heavy atom. The Hall–Kier alpha value is -0.470. The van der Waals surface area contributed by atoms with Crippen LogP contribution in [0.1, 0.15) is 11.3 Å². The Balaban J connectivity index is 1.62. The maximum atomic E-state index is 12.3.